The number of aryl methyl sites for hydroxylation is 1. The molecule has 1 N–H and O–H groups in total. The number of nitrogens with one attached hydrogen (secondary N) is 1. The van der Waals surface area contributed by atoms with Crippen molar-refractivity contribution in [1.29, 1.82) is 0 Å². The Kier molecular flexibility index (Phi) is 2.15. The van der Waals surface area contributed by atoms with E-state index in [-0.39, 0.29) is 11.2 Å². The standard InChI is InChI=1S/C14H17NO/c1-10-3-4-12-11(7-10)13(16)8-15-9-14(12)5-2-6-14/h3-4,7,15H,2,5-6,8-9H2,1H3. The molecule has 0 bridgehead atoms. The first-order valence-corrected chi connectivity index (χ1v) is 6.06. The van der Waals surface area contributed by atoms with Crippen molar-refractivity contribution in [1.82, 2.24) is 5.32 Å². The Hall–Kier alpha value is -1.15. The molecule has 0 aromatic heterocycles. The van der Waals surface area contributed by atoms with Crippen LogP contribution in [0.2, 0.25) is 0 Å². The first-order chi connectivity index (χ1) is 7.71. The number of fused-ring (bicyclic) bond motifs is 2. The summed E-state index contributed by atoms with van der Waals surface area (Å²) < 4.78 is 0. The minimum atomic E-state index is 0.252. The van der Waals surface area contributed by atoms with Crippen LogP contribution in [0.3, 0.4) is 0 Å². The number of benzene rings is 1. The van der Waals surface area contributed by atoms with Gasteiger partial charge in [-0.3, -0.25) is 4.79 Å². The van der Waals surface area contributed by atoms with Crippen LogP contribution in [-0.2, 0) is 5.41 Å². The zero-order valence-electron chi connectivity index (χ0n) is 9.68. The molecule has 2 nitrogen and oxygen atoms in total. The molecule has 1 saturated carbocycles. The van der Waals surface area contributed by atoms with E-state index in [2.05, 4.69) is 30.4 Å². The van der Waals surface area contributed by atoms with Crippen LogP contribution in [0.25, 0.3) is 0 Å². The molecule has 2 aliphatic rings. The van der Waals surface area contributed by atoms with Gasteiger partial charge in [0.15, 0.2) is 5.78 Å². The fourth-order valence-electron chi connectivity index (χ4n) is 3.01. The Labute approximate surface area is 96.1 Å². The predicted octanol–water partition coefficient (Wildman–Crippen LogP) is 2.20. The van der Waals surface area contributed by atoms with Crippen molar-refractivity contribution in [3.05, 3.63) is 34.9 Å². The van der Waals surface area contributed by atoms with E-state index in [4.69, 9.17) is 0 Å². The van der Waals surface area contributed by atoms with Gasteiger partial charge in [-0.2, -0.15) is 0 Å². The number of hydrogen-bond acceptors (Lipinski definition) is 2. The highest BCUT2D eigenvalue weighted by molar-refractivity contribution is 6.00. The van der Waals surface area contributed by atoms with Gasteiger partial charge >= 0.3 is 0 Å². The summed E-state index contributed by atoms with van der Waals surface area (Å²) in [6.45, 7) is 3.52. The van der Waals surface area contributed by atoms with Crippen molar-refractivity contribution >= 4 is 5.78 Å². The Balaban J connectivity index is 2.16. The molecule has 1 aromatic carbocycles. The molecule has 1 spiro atoms. The first-order valence-electron chi connectivity index (χ1n) is 6.06. The second-order valence-electron chi connectivity index (χ2n) is 5.21. The topological polar surface area (TPSA) is 29.1 Å². The molecular weight excluding hydrogens is 198 g/mol. The fourth-order valence-corrected chi connectivity index (χ4v) is 3.01. The molecule has 3 rings (SSSR count). The van der Waals surface area contributed by atoms with Crippen LogP contribution in [0.1, 0.15) is 40.7 Å². The molecule has 0 saturated heterocycles. The molecule has 0 unspecified atom stereocenters. The van der Waals surface area contributed by atoms with Gasteiger partial charge in [-0.1, -0.05) is 24.1 Å². The first kappa shape index (κ1) is 10.0. The molecule has 1 aromatic rings. The molecule has 1 heterocycles. The maximum Gasteiger partial charge on any atom is 0.176 e. The van der Waals surface area contributed by atoms with Crippen molar-refractivity contribution in [2.45, 2.75) is 31.6 Å². The minimum absolute atomic E-state index is 0.252. The number of carbonyl (C=O) groups is 1. The van der Waals surface area contributed by atoms with Gasteiger partial charge in [0.1, 0.15) is 0 Å². The minimum Gasteiger partial charge on any atom is -0.309 e. The van der Waals surface area contributed by atoms with Crippen LogP contribution in [0.15, 0.2) is 18.2 Å². The second kappa shape index (κ2) is 3.42. The zero-order chi connectivity index (χ0) is 11.2. The highest BCUT2D eigenvalue weighted by Gasteiger charge is 2.42. The summed E-state index contributed by atoms with van der Waals surface area (Å²) in [5.41, 5.74) is 3.70. The molecule has 0 atom stereocenters. The average Bonchev–Trinajstić information content (AvgIpc) is 2.35. The van der Waals surface area contributed by atoms with Gasteiger partial charge in [-0.25, -0.2) is 0 Å². The van der Waals surface area contributed by atoms with Gasteiger partial charge in [0.2, 0.25) is 0 Å². The molecule has 2 heteroatoms. The van der Waals surface area contributed by atoms with E-state index >= 15 is 0 Å². The molecule has 1 fully saturated rings. The maximum atomic E-state index is 12.0. The third kappa shape index (κ3) is 1.33. The lowest BCUT2D eigenvalue weighted by molar-refractivity contribution is 0.0993. The number of rotatable bonds is 0. The van der Waals surface area contributed by atoms with Gasteiger partial charge in [-0.15, -0.1) is 0 Å². The molecule has 1 aliphatic heterocycles. The van der Waals surface area contributed by atoms with E-state index in [1.807, 2.05) is 0 Å². The highest BCUT2D eigenvalue weighted by atomic mass is 16.1. The van der Waals surface area contributed by atoms with Crippen LogP contribution in [0.4, 0.5) is 0 Å². The third-order valence-corrected chi connectivity index (χ3v) is 4.11. The van der Waals surface area contributed by atoms with E-state index in [9.17, 15) is 4.79 Å². The summed E-state index contributed by atoms with van der Waals surface area (Å²) in [6.07, 6.45) is 3.75. The Morgan fingerprint density at radius 1 is 1.31 bits per heavy atom. The fraction of sp³-hybridized carbons (Fsp3) is 0.500. The van der Waals surface area contributed by atoms with E-state index < -0.39 is 0 Å². The van der Waals surface area contributed by atoms with Crippen LogP contribution < -0.4 is 5.32 Å². The lowest BCUT2D eigenvalue weighted by atomic mass is 9.63. The summed E-state index contributed by atoms with van der Waals surface area (Å²) >= 11 is 0. The Bertz CT molecular complexity index is 446. The molecular formula is C14H17NO. The molecule has 84 valence electrons. The summed E-state index contributed by atoms with van der Waals surface area (Å²) in [5, 5.41) is 3.31. The quantitative estimate of drug-likeness (QED) is 0.719. The van der Waals surface area contributed by atoms with Crippen LogP contribution >= 0.6 is 0 Å². The largest absolute Gasteiger partial charge is 0.309 e. The smallest absolute Gasteiger partial charge is 0.176 e. The van der Waals surface area contributed by atoms with Gasteiger partial charge in [0.05, 0.1) is 6.54 Å². The summed E-state index contributed by atoms with van der Waals surface area (Å²) in [7, 11) is 0. The van der Waals surface area contributed by atoms with E-state index in [0.29, 0.717) is 6.54 Å². The van der Waals surface area contributed by atoms with Crippen molar-refractivity contribution < 1.29 is 4.79 Å². The Morgan fingerprint density at radius 2 is 2.12 bits per heavy atom. The number of hydrogen-bond donors (Lipinski definition) is 1. The number of Topliss-reactive ketones (excluding diaryl/α,β-unsaturated/α-hetero) is 1. The van der Waals surface area contributed by atoms with Crippen LogP contribution in [-0.4, -0.2) is 18.9 Å². The lowest BCUT2D eigenvalue weighted by Gasteiger charge is -2.42. The van der Waals surface area contributed by atoms with E-state index in [0.717, 1.165) is 12.1 Å². The van der Waals surface area contributed by atoms with Crippen molar-refractivity contribution in [3.8, 4) is 0 Å². The van der Waals surface area contributed by atoms with Crippen LogP contribution in [0.5, 0.6) is 0 Å². The molecule has 0 radical (unpaired) electrons. The summed E-state index contributed by atoms with van der Waals surface area (Å²) in [4.78, 5) is 12.0. The highest BCUT2D eigenvalue weighted by Crippen LogP contribution is 2.45. The monoisotopic (exact) mass is 215 g/mol. The predicted molar refractivity (Wildman–Crippen MR) is 63.9 cm³/mol. The summed E-state index contributed by atoms with van der Waals surface area (Å²) in [5.74, 6) is 0.252. The zero-order valence-corrected chi connectivity index (χ0v) is 9.68. The van der Waals surface area contributed by atoms with E-state index in [1.54, 1.807) is 0 Å². The molecule has 1 aliphatic carbocycles. The lowest BCUT2D eigenvalue weighted by Crippen LogP contribution is -2.42. The van der Waals surface area contributed by atoms with Crippen molar-refractivity contribution in [2.75, 3.05) is 13.1 Å². The average molecular weight is 215 g/mol. The van der Waals surface area contributed by atoms with E-state index in [1.165, 1.54) is 30.4 Å². The van der Waals surface area contributed by atoms with Crippen molar-refractivity contribution in [3.63, 3.8) is 0 Å². The molecule has 16 heavy (non-hydrogen) atoms. The van der Waals surface area contributed by atoms with Gasteiger partial charge < -0.3 is 5.32 Å². The normalized spacial score (nSPS) is 22.4. The van der Waals surface area contributed by atoms with Gasteiger partial charge in [0, 0.05) is 17.5 Å². The second-order valence-corrected chi connectivity index (χ2v) is 5.21. The Morgan fingerprint density at radius 3 is 2.81 bits per heavy atom. The number of carbonyl (C=O) groups excluding carboxylic acids is 1. The SMILES string of the molecule is Cc1ccc2c(c1)C(=O)CNCC21CCC1. The molecule has 0 amide bonds. The number of ketones is 1. The third-order valence-electron chi connectivity index (χ3n) is 4.11. The van der Waals surface area contributed by atoms with Crippen LogP contribution in [0, 0.1) is 6.92 Å². The van der Waals surface area contributed by atoms with Crippen molar-refractivity contribution in [2.24, 2.45) is 0 Å². The summed E-state index contributed by atoms with van der Waals surface area (Å²) in [6, 6.07) is 6.37. The van der Waals surface area contributed by atoms with Gasteiger partial charge in [-0.05, 0) is 31.4 Å². The maximum absolute atomic E-state index is 12.0. The van der Waals surface area contributed by atoms with Gasteiger partial charge in [0.25, 0.3) is 0 Å².